The number of nitrogens with two attached hydrogens (primary N) is 1. The number of aliphatic hydroxyl groups is 2. The molecule has 82 valence electrons. The lowest BCUT2D eigenvalue weighted by atomic mass is 10.2. The summed E-state index contributed by atoms with van der Waals surface area (Å²) in [7, 11) is 0. The Morgan fingerprint density at radius 2 is 2.14 bits per heavy atom. The van der Waals surface area contributed by atoms with Crippen molar-refractivity contribution in [2.45, 2.75) is 5.85 Å². The molecule has 0 radical (unpaired) electrons. The largest absolute Gasteiger partial charge is 0.465 e. The Morgan fingerprint density at radius 1 is 1.50 bits per heavy atom. The molecule has 5 N–H and O–H groups in total. The van der Waals surface area contributed by atoms with Crippen LogP contribution in [0, 0.1) is 0 Å². The first kappa shape index (κ1) is 11.2. The number of aliphatic hydroxyl groups excluding tert-OH is 1. The van der Waals surface area contributed by atoms with Gasteiger partial charge in [-0.15, -0.1) is 0 Å². The van der Waals surface area contributed by atoms with Crippen molar-refractivity contribution in [2.75, 3.05) is 32.8 Å². The van der Waals surface area contributed by atoms with Crippen molar-refractivity contribution in [1.82, 2.24) is 9.80 Å². The van der Waals surface area contributed by atoms with Crippen molar-refractivity contribution in [1.29, 1.82) is 0 Å². The average Bonchev–Trinajstić information content (AvgIpc) is 2.01. The van der Waals surface area contributed by atoms with Crippen LogP contribution < -0.4 is 5.73 Å². The Hall–Kier alpha value is -0.890. The maximum absolute atomic E-state index is 10.7. The number of β-amino-alcohol motifs (C(OH)–C–C–N with tert-alkyl or cyclic N) is 2. The van der Waals surface area contributed by atoms with Gasteiger partial charge in [-0.05, 0) is 0 Å². The van der Waals surface area contributed by atoms with Crippen LogP contribution in [0.2, 0.25) is 0 Å². The molecular formula is C7H15N3O4. The third-order valence-corrected chi connectivity index (χ3v) is 2.21. The van der Waals surface area contributed by atoms with Gasteiger partial charge < -0.3 is 15.3 Å². The molecule has 1 heterocycles. The highest BCUT2D eigenvalue weighted by Gasteiger charge is 2.39. The summed E-state index contributed by atoms with van der Waals surface area (Å²) < 4.78 is 0. The Labute approximate surface area is 81.3 Å². The van der Waals surface area contributed by atoms with E-state index in [1.807, 2.05) is 0 Å². The van der Waals surface area contributed by atoms with Gasteiger partial charge in [0.1, 0.15) is 0 Å². The van der Waals surface area contributed by atoms with Crippen LogP contribution >= 0.6 is 0 Å². The number of nitrogens with zero attached hydrogens (tertiary/aromatic N) is 2. The summed E-state index contributed by atoms with van der Waals surface area (Å²) in [5.41, 5.74) is 5.42. The first-order chi connectivity index (χ1) is 6.47. The third kappa shape index (κ3) is 2.32. The molecule has 1 aliphatic rings. The fourth-order valence-corrected chi connectivity index (χ4v) is 1.52. The van der Waals surface area contributed by atoms with Crippen molar-refractivity contribution in [2.24, 2.45) is 5.73 Å². The minimum Gasteiger partial charge on any atom is -0.465 e. The molecule has 0 aliphatic carbocycles. The van der Waals surface area contributed by atoms with Gasteiger partial charge in [0.2, 0.25) is 5.85 Å². The van der Waals surface area contributed by atoms with Gasteiger partial charge in [-0.2, -0.15) is 0 Å². The van der Waals surface area contributed by atoms with Crippen LogP contribution in [0.25, 0.3) is 0 Å². The first-order valence-electron chi connectivity index (χ1n) is 4.32. The molecule has 0 bridgehead atoms. The van der Waals surface area contributed by atoms with E-state index in [-0.39, 0.29) is 19.7 Å². The summed E-state index contributed by atoms with van der Waals surface area (Å²) in [6.45, 7) is 0.963. The summed E-state index contributed by atoms with van der Waals surface area (Å²) in [5.74, 6) is -1.86. The zero-order valence-electron chi connectivity index (χ0n) is 7.76. The predicted octanol–water partition coefficient (Wildman–Crippen LogP) is -2.12. The van der Waals surface area contributed by atoms with Crippen molar-refractivity contribution >= 4 is 6.09 Å². The topological polar surface area (TPSA) is 110 Å². The van der Waals surface area contributed by atoms with Crippen molar-refractivity contribution in [3.63, 3.8) is 0 Å². The van der Waals surface area contributed by atoms with Gasteiger partial charge in [-0.1, -0.05) is 0 Å². The summed E-state index contributed by atoms with van der Waals surface area (Å²) in [6, 6.07) is 0. The molecule has 0 unspecified atom stereocenters. The van der Waals surface area contributed by atoms with Crippen molar-refractivity contribution < 1.29 is 20.1 Å². The van der Waals surface area contributed by atoms with Crippen LogP contribution in [-0.2, 0) is 0 Å². The number of hydrogen-bond donors (Lipinski definition) is 4. The molecule has 7 nitrogen and oxygen atoms in total. The molecule has 1 atom stereocenters. The first-order valence-corrected chi connectivity index (χ1v) is 4.32. The van der Waals surface area contributed by atoms with Gasteiger partial charge in [0.15, 0.2) is 0 Å². The van der Waals surface area contributed by atoms with Gasteiger partial charge >= 0.3 is 6.09 Å². The molecule has 0 aromatic heterocycles. The van der Waals surface area contributed by atoms with Crippen LogP contribution in [0.4, 0.5) is 4.79 Å². The predicted molar refractivity (Wildman–Crippen MR) is 47.4 cm³/mol. The maximum Gasteiger partial charge on any atom is 0.410 e. The number of amides is 1. The Balaban J connectivity index is 2.60. The number of rotatable bonds is 2. The summed E-state index contributed by atoms with van der Waals surface area (Å²) in [6.07, 6.45) is -1.24. The standard InChI is InChI=1S/C7H15N3O4/c8-7(14)5-9(3-4-11)1-2-10(7)6(12)13/h11,14H,1-5,8H2,(H,12,13)/t7-/m1/s1. The van der Waals surface area contributed by atoms with Crippen molar-refractivity contribution in [3.8, 4) is 0 Å². The van der Waals surface area contributed by atoms with E-state index in [0.29, 0.717) is 13.1 Å². The van der Waals surface area contributed by atoms with E-state index >= 15 is 0 Å². The van der Waals surface area contributed by atoms with E-state index in [1.165, 1.54) is 0 Å². The number of piperazine rings is 1. The van der Waals surface area contributed by atoms with Crippen LogP contribution in [0.15, 0.2) is 0 Å². The van der Waals surface area contributed by atoms with Gasteiger partial charge in [0, 0.05) is 19.6 Å². The Bertz CT molecular complexity index is 221. The summed E-state index contributed by atoms with van der Waals surface area (Å²) >= 11 is 0. The molecule has 7 heteroatoms. The average molecular weight is 205 g/mol. The molecule has 0 aromatic rings. The second-order valence-corrected chi connectivity index (χ2v) is 3.31. The van der Waals surface area contributed by atoms with E-state index in [2.05, 4.69) is 0 Å². The molecular weight excluding hydrogens is 190 g/mol. The van der Waals surface area contributed by atoms with E-state index in [4.69, 9.17) is 15.9 Å². The molecule has 1 amide bonds. The van der Waals surface area contributed by atoms with E-state index in [9.17, 15) is 9.90 Å². The quantitative estimate of drug-likeness (QED) is 0.384. The van der Waals surface area contributed by atoms with Crippen LogP contribution in [-0.4, -0.2) is 69.8 Å². The zero-order valence-corrected chi connectivity index (χ0v) is 7.76. The summed E-state index contributed by atoms with van der Waals surface area (Å²) in [5, 5.41) is 27.0. The van der Waals surface area contributed by atoms with E-state index in [1.54, 1.807) is 4.90 Å². The Morgan fingerprint density at radius 3 is 2.57 bits per heavy atom. The van der Waals surface area contributed by atoms with E-state index in [0.717, 1.165) is 4.90 Å². The lowest BCUT2D eigenvalue weighted by molar-refractivity contribution is -0.131. The fraction of sp³-hybridized carbons (Fsp3) is 0.857. The monoisotopic (exact) mass is 205 g/mol. The second kappa shape index (κ2) is 4.09. The maximum atomic E-state index is 10.7. The van der Waals surface area contributed by atoms with Crippen LogP contribution in [0.5, 0.6) is 0 Å². The minimum absolute atomic E-state index is 0.0137. The molecule has 1 fully saturated rings. The number of hydrogen-bond acceptors (Lipinski definition) is 5. The Kier molecular flexibility index (Phi) is 3.27. The summed E-state index contributed by atoms with van der Waals surface area (Å²) in [4.78, 5) is 13.2. The molecule has 0 saturated carbocycles. The lowest BCUT2D eigenvalue weighted by Gasteiger charge is -2.43. The third-order valence-electron chi connectivity index (χ3n) is 2.21. The van der Waals surface area contributed by atoms with Gasteiger partial charge in [0.25, 0.3) is 0 Å². The molecule has 1 rings (SSSR count). The van der Waals surface area contributed by atoms with Crippen LogP contribution in [0.3, 0.4) is 0 Å². The van der Waals surface area contributed by atoms with E-state index < -0.39 is 11.9 Å². The van der Waals surface area contributed by atoms with Gasteiger partial charge in [-0.25, -0.2) is 4.79 Å². The highest BCUT2D eigenvalue weighted by atomic mass is 16.4. The molecule has 0 aromatic carbocycles. The normalized spacial score (nSPS) is 29.2. The lowest BCUT2D eigenvalue weighted by Crippen LogP contribution is -2.68. The molecule has 14 heavy (non-hydrogen) atoms. The highest BCUT2D eigenvalue weighted by Crippen LogP contribution is 2.13. The van der Waals surface area contributed by atoms with Gasteiger partial charge in [-0.3, -0.25) is 15.5 Å². The molecule has 1 aliphatic heterocycles. The number of carboxylic acid groups (broad SMARTS) is 1. The highest BCUT2D eigenvalue weighted by molar-refractivity contribution is 5.65. The van der Waals surface area contributed by atoms with Crippen molar-refractivity contribution in [3.05, 3.63) is 0 Å². The molecule has 1 saturated heterocycles. The second-order valence-electron chi connectivity index (χ2n) is 3.31. The SMILES string of the molecule is N[C@]1(O)CN(CCO)CCN1C(=O)O. The fourth-order valence-electron chi connectivity index (χ4n) is 1.52. The molecule has 0 spiro atoms. The smallest absolute Gasteiger partial charge is 0.410 e. The minimum atomic E-state index is -1.86. The zero-order chi connectivity index (χ0) is 10.8. The number of carbonyl (C=O) groups is 1. The van der Waals surface area contributed by atoms with Crippen LogP contribution in [0.1, 0.15) is 0 Å². The van der Waals surface area contributed by atoms with Gasteiger partial charge in [0.05, 0.1) is 13.2 Å².